The van der Waals surface area contributed by atoms with Crippen molar-refractivity contribution >= 4 is 11.8 Å². The van der Waals surface area contributed by atoms with Crippen LogP contribution in [0, 0.1) is 35.5 Å². The van der Waals surface area contributed by atoms with Gasteiger partial charge in [-0.1, -0.05) is 59.3 Å². The van der Waals surface area contributed by atoms with E-state index in [9.17, 15) is 24.9 Å². The van der Waals surface area contributed by atoms with Gasteiger partial charge in [-0.3, -0.25) is 9.59 Å². The van der Waals surface area contributed by atoms with Gasteiger partial charge in [-0.2, -0.15) is 0 Å². The van der Waals surface area contributed by atoms with Crippen LogP contribution in [0.3, 0.4) is 0 Å². The molecular formula is C38H66N2O8. The number of likely N-dealkylation sites (tertiary alicyclic amines) is 1. The number of likely N-dealkylation sites (N-methyl/N-ethyl adjacent to an activating group) is 1. The minimum absolute atomic E-state index is 0.0107. The molecule has 3 aliphatic rings. The highest BCUT2D eigenvalue weighted by Gasteiger charge is 2.47. The molecule has 2 saturated heterocycles. The number of aliphatic hydroxyl groups excluding tert-OH is 3. The van der Waals surface area contributed by atoms with Gasteiger partial charge in [0.25, 0.3) is 0 Å². The Labute approximate surface area is 289 Å². The lowest BCUT2D eigenvalue weighted by atomic mass is 9.79. The van der Waals surface area contributed by atoms with Crippen LogP contribution in [-0.4, -0.2) is 120 Å². The fourth-order valence-corrected chi connectivity index (χ4v) is 8.18. The third-order valence-electron chi connectivity index (χ3n) is 10.9. The van der Waals surface area contributed by atoms with Crippen LogP contribution in [0.5, 0.6) is 0 Å². The molecular weight excluding hydrogens is 612 g/mol. The minimum Gasteiger partial charge on any atom is -0.462 e. The summed E-state index contributed by atoms with van der Waals surface area (Å²) in [5.74, 6) is -0.486. The summed E-state index contributed by atoms with van der Waals surface area (Å²) in [5.41, 5.74) is 0.916. The van der Waals surface area contributed by atoms with E-state index in [0.29, 0.717) is 31.1 Å². The second-order valence-corrected chi connectivity index (χ2v) is 15.7. The molecule has 0 aromatic carbocycles. The van der Waals surface area contributed by atoms with E-state index in [1.54, 1.807) is 32.0 Å². The van der Waals surface area contributed by atoms with Gasteiger partial charge in [0.05, 0.1) is 36.9 Å². The normalized spacial score (nSPS) is 41.7. The van der Waals surface area contributed by atoms with Crippen LogP contribution in [0.15, 0.2) is 23.8 Å². The number of rotatable bonds is 7. The smallest absolute Gasteiger partial charge is 0.308 e. The van der Waals surface area contributed by atoms with Crippen LogP contribution in [0.4, 0.5) is 0 Å². The van der Waals surface area contributed by atoms with Crippen molar-refractivity contribution in [2.45, 2.75) is 136 Å². The molecule has 0 amide bonds. The number of nitrogens with zero attached hydrogens (tertiary/aromatic N) is 2. The highest BCUT2D eigenvalue weighted by atomic mass is 16.7. The zero-order valence-electron chi connectivity index (χ0n) is 31.2. The monoisotopic (exact) mass is 678 g/mol. The van der Waals surface area contributed by atoms with Crippen molar-refractivity contribution in [3.05, 3.63) is 23.8 Å². The van der Waals surface area contributed by atoms with Crippen LogP contribution in [0.2, 0.25) is 0 Å². The lowest BCUT2D eigenvalue weighted by Gasteiger charge is -2.47. The van der Waals surface area contributed by atoms with E-state index in [2.05, 4.69) is 18.7 Å². The van der Waals surface area contributed by atoms with Crippen LogP contribution in [0.1, 0.15) is 87.5 Å². The number of carbonyl (C=O) groups is 2. The molecule has 0 aromatic heterocycles. The van der Waals surface area contributed by atoms with Gasteiger partial charge in [0, 0.05) is 30.8 Å². The molecule has 10 nitrogen and oxygen atoms in total. The summed E-state index contributed by atoms with van der Waals surface area (Å²) in [6.45, 7) is 18.8. The van der Waals surface area contributed by atoms with Crippen molar-refractivity contribution in [1.82, 2.24) is 9.80 Å². The number of aliphatic hydroxyl groups is 3. The van der Waals surface area contributed by atoms with E-state index in [4.69, 9.17) is 14.2 Å². The third-order valence-corrected chi connectivity index (χ3v) is 10.9. The standard InChI is InChI=1S/C38H66N2O8/c1-11-32-26(6)17-22(2)12-13-30(41)25(5)18-29(14-15-40-20-23(3)16-24(4)21-40)37(27(7)31(42)19-33(43)47-32)48-38-36(45)34(39(9)10)35(44)28(8)46-38/h12-13,17,23-29,31-32,34-38,42,44-45H,11,14-16,18-21H2,1-10H3/t23-,24+,25-,26+,27+,28?,29+,31-,32?,34?,35?,36?,37-,38?/m1/s1. The summed E-state index contributed by atoms with van der Waals surface area (Å²) in [7, 11) is 3.59. The van der Waals surface area contributed by atoms with Crippen molar-refractivity contribution in [3.8, 4) is 0 Å². The second kappa shape index (κ2) is 18.5. The van der Waals surface area contributed by atoms with Crippen molar-refractivity contribution < 1.29 is 39.1 Å². The molecule has 0 bridgehead atoms. The second-order valence-electron chi connectivity index (χ2n) is 15.7. The number of esters is 1. The summed E-state index contributed by atoms with van der Waals surface area (Å²) >= 11 is 0. The van der Waals surface area contributed by atoms with E-state index in [1.165, 1.54) is 6.42 Å². The van der Waals surface area contributed by atoms with E-state index >= 15 is 0 Å². The van der Waals surface area contributed by atoms with Crippen LogP contribution in [-0.2, 0) is 23.8 Å². The molecule has 0 spiro atoms. The quantitative estimate of drug-likeness (QED) is 0.337. The summed E-state index contributed by atoms with van der Waals surface area (Å²) in [5, 5.41) is 33.9. The Kier molecular flexibility index (Phi) is 15.7. The Balaban J connectivity index is 2.03. The molecule has 3 rings (SSSR count). The first-order chi connectivity index (χ1) is 22.5. The number of hydrogen-bond donors (Lipinski definition) is 3. The summed E-state index contributed by atoms with van der Waals surface area (Å²) in [6.07, 6.45) is 2.32. The Morgan fingerprint density at radius 2 is 1.60 bits per heavy atom. The molecule has 48 heavy (non-hydrogen) atoms. The summed E-state index contributed by atoms with van der Waals surface area (Å²) < 4.78 is 18.7. The Morgan fingerprint density at radius 3 is 2.21 bits per heavy atom. The molecule has 3 aliphatic heterocycles. The van der Waals surface area contributed by atoms with Crippen molar-refractivity contribution in [2.75, 3.05) is 33.7 Å². The predicted octanol–water partition coefficient (Wildman–Crippen LogP) is 4.21. The highest BCUT2D eigenvalue weighted by molar-refractivity contribution is 5.91. The number of ether oxygens (including phenoxy) is 3. The largest absolute Gasteiger partial charge is 0.462 e. The molecule has 3 heterocycles. The van der Waals surface area contributed by atoms with E-state index in [1.807, 2.05) is 46.8 Å². The van der Waals surface area contributed by atoms with Gasteiger partial charge in [-0.15, -0.1) is 0 Å². The number of ketones is 1. The maximum absolute atomic E-state index is 13.5. The molecule has 0 radical (unpaired) electrons. The zero-order valence-corrected chi connectivity index (χ0v) is 31.2. The van der Waals surface area contributed by atoms with Crippen LogP contribution >= 0.6 is 0 Å². The number of carbonyl (C=O) groups excluding carboxylic acids is 2. The first-order valence-corrected chi connectivity index (χ1v) is 18.4. The SMILES string of the molecule is CCC1OC(=O)C[C@@H](O)[C@H](C)[C@@H](OC2OC(C)C(O)C(N(C)C)C2O)[C@@H](CCN2C[C@H](C)C[C@H](C)C2)C[C@@H](C)C(=O)C=CC(C)=C[C@@H]1C. The maximum Gasteiger partial charge on any atom is 0.308 e. The molecule has 6 unspecified atom stereocenters. The first kappa shape index (κ1) is 40.8. The molecule has 2 fully saturated rings. The first-order valence-electron chi connectivity index (χ1n) is 18.4. The number of hydrogen-bond acceptors (Lipinski definition) is 10. The van der Waals surface area contributed by atoms with Gasteiger partial charge in [0.2, 0.25) is 0 Å². The lowest BCUT2D eigenvalue weighted by molar-refractivity contribution is -0.304. The lowest BCUT2D eigenvalue weighted by Crippen LogP contribution is -2.63. The maximum atomic E-state index is 13.5. The summed E-state index contributed by atoms with van der Waals surface area (Å²) in [6, 6.07) is -0.634. The fraction of sp³-hybridized carbons (Fsp3) is 0.842. The van der Waals surface area contributed by atoms with E-state index in [-0.39, 0.29) is 36.1 Å². The summed E-state index contributed by atoms with van der Waals surface area (Å²) in [4.78, 5) is 31.0. The molecule has 10 heteroatoms. The van der Waals surface area contributed by atoms with E-state index in [0.717, 1.165) is 25.2 Å². The molecule has 3 N–H and O–H groups in total. The average molecular weight is 679 g/mol. The molecule has 14 atom stereocenters. The van der Waals surface area contributed by atoms with Gasteiger partial charge < -0.3 is 39.3 Å². The van der Waals surface area contributed by atoms with Gasteiger partial charge in [-0.25, -0.2) is 0 Å². The van der Waals surface area contributed by atoms with Crippen molar-refractivity contribution in [3.63, 3.8) is 0 Å². The third kappa shape index (κ3) is 11.2. The van der Waals surface area contributed by atoms with Crippen LogP contribution in [0.25, 0.3) is 0 Å². The van der Waals surface area contributed by atoms with Gasteiger partial charge >= 0.3 is 5.97 Å². The molecule has 0 aliphatic carbocycles. The van der Waals surface area contributed by atoms with Gasteiger partial charge in [0.1, 0.15) is 12.2 Å². The number of allylic oxidation sites excluding steroid dienone is 3. The Morgan fingerprint density at radius 1 is 0.958 bits per heavy atom. The molecule has 0 aromatic rings. The highest BCUT2D eigenvalue weighted by Crippen LogP contribution is 2.35. The molecule has 0 saturated carbocycles. The fourth-order valence-electron chi connectivity index (χ4n) is 8.18. The van der Waals surface area contributed by atoms with Crippen LogP contribution < -0.4 is 0 Å². The van der Waals surface area contributed by atoms with Gasteiger partial charge in [-0.05, 0) is 84.0 Å². The van der Waals surface area contributed by atoms with E-state index < -0.39 is 54.7 Å². The Bertz CT molecular complexity index is 1090. The number of piperidine rings is 1. The predicted molar refractivity (Wildman–Crippen MR) is 187 cm³/mol. The average Bonchev–Trinajstić information content (AvgIpc) is 3.00. The minimum atomic E-state index is -1.17. The van der Waals surface area contributed by atoms with Gasteiger partial charge in [0.15, 0.2) is 12.1 Å². The number of cyclic esters (lactones) is 1. The topological polar surface area (TPSA) is 129 Å². The van der Waals surface area contributed by atoms with Crippen molar-refractivity contribution in [1.29, 1.82) is 0 Å². The van der Waals surface area contributed by atoms with Crippen molar-refractivity contribution in [2.24, 2.45) is 35.5 Å². The molecule has 276 valence electrons. The Hall–Kier alpha value is -1.66. The zero-order chi connectivity index (χ0) is 35.9.